The van der Waals surface area contributed by atoms with Crippen molar-refractivity contribution in [3.63, 3.8) is 0 Å². The number of rotatable bonds is 3. The lowest BCUT2D eigenvalue weighted by Crippen LogP contribution is -2.27. The Balaban J connectivity index is 1.57. The van der Waals surface area contributed by atoms with E-state index < -0.39 is 0 Å². The maximum atomic E-state index is 12.4. The van der Waals surface area contributed by atoms with Gasteiger partial charge in [-0.1, -0.05) is 12.1 Å². The maximum Gasteiger partial charge on any atom is 0.270 e. The molecule has 0 spiro atoms. The van der Waals surface area contributed by atoms with Crippen molar-refractivity contribution in [3.8, 4) is 0 Å². The van der Waals surface area contributed by atoms with E-state index in [9.17, 15) is 4.79 Å². The van der Waals surface area contributed by atoms with Crippen LogP contribution in [0.4, 0.5) is 0 Å². The van der Waals surface area contributed by atoms with Gasteiger partial charge in [0.05, 0.1) is 16.3 Å². The molecule has 0 saturated heterocycles. The van der Waals surface area contributed by atoms with Crippen molar-refractivity contribution in [2.75, 3.05) is 0 Å². The number of hydrogen-bond acceptors (Lipinski definition) is 5. The molecule has 23 heavy (non-hydrogen) atoms. The van der Waals surface area contributed by atoms with Crippen LogP contribution in [-0.2, 0) is 0 Å². The zero-order valence-electron chi connectivity index (χ0n) is 12.3. The molecule has 0 aliphatic carbocycles. The molecule has 1 N–H and O–H groups in total. The average Bonchev–Trinajstić information content (AvgIpc) is 3.20. The molecular formula is C16H13N5OS. The summed E-state index contributed by atoms with van der Waals surface area (Å²) in [5.74, 6) is 0.271. The van der Waals surface area contributed by atoms with E-state index in [0.717, 1.165) is 15.2 Å². The molecule has 0 fully saturated rings. The van der Waals surface area contributed by atoms with Crippen LogP contribution in [0.25, 0.3) is 16.0 Å². The molecule has 1 atom stereocenters. The Morgan fingerprint density at radius 3 is 2.96 bits per heavy atom. The lowest BCUT2D eigenvalue weighted by molar-refractivity contribution is 0.0935. The number of benzene rings is 1. The Kier molecular flexibility index (Phi) is 3.27. The Morgan fingerprint density at radius 2 is 2.09 bits per heavy atom. The van der Waals surface area contributed by atoms with Crippen molar-refractivity contribution in [2.24, 2.45) is 0 Å². The van der Waals surface area contributed by atoms with E-state index in [1.807, 2.05) is 31.2 Å². The number of carbonyl (C=O) groups is 1. The summed E-state index contributed by atoms with van der Waals surface area (Å²) in [4.78, 5) is 25.3. The Hall–Kier alpha value is -2.80. The molecular weight excluding hydrogens is 310 g/mol. The lowest BCUT2D eigenvalue weighted by atomic mass is 10.3. The van der Waals surface area contributed by atoms with E-state index in [1.54, 1.807) is 40.4 Å². The fourth-order valence-corrected chi connectivity index (χ4v) is 3.31. The van der Waals surface area contributed by atoms with E-state index >= 15 is 0 Å². The number of aromatic nitrogens is 4. The van der Waals surface area contributed by atoms with Crippen LogP contribution < -0.4 is 5.32 Å². The summed E-state index contributed by atoms with van der Waals surface area (Å²) < 4.78 is 2.87. The molecule has 4 aromatic rings. The van der Waals surface area contributed by atoms with Crippen molar-refractivity contribution in [3.05, 3.63) is 59.6 Å². The van der Waals surface area contributed by atoms with Crippen molar-refractivity contribution in [1.29, 1.82) is 0 Å². The minimum Gasteiger partial charge on any atom is -0.342 e. The summed E-state index contributed by atoms with van der Waals surface area (Å²) in [6.07, 6.45) is 5.20. The van der Waals surface area contributed by atoms with E-state index in [1.165, 1.54) is 0 Å². The van der Waals surface area contributed by atoms with Crippen molar-refractivity contribution >= 4 is 33.2 Å². The van der Waals surface area contributed by atoms with E-state index in [4.69, 9.17) is 0 Å². The van der Waals surface area contributed by atoms with Gasteiger partial charge in [0.15, 0.2) is 0 Å². The van der Waals surface area contributed by atoms with Gasteiger partial charge in [0.25, 0.3) is 5.91 Å². The molecule has 7 heteroatoms. The zero-order chi connectivity index (χ0) is 15.8. The minimum absolute atomic E-state index is 0.183. The van der Waals surface area contributed by atoms with E-state index in [2.05, 4.69) is 20.3 Å². The first-order chi connectivity index (χ1) is 11.2. The summed E-state index contributed by atoms with van der Waals surface area (Å²) in [6.45, 7) is 1.92. The van der Waals surface area contributed by atoms with Gasteiger partial charge in [-0.3, -0.25) is 9.20 Å². The largest absolute Gasteiger partial charge is 0.342 e. The van der Waals surface area contributed by atoms with Crippen LogP contribution in [0.2, 0.25) is 0 Å². The Bertz CT molecular complexity index is 973. The lowest BCUT2D eigenvalue weighted by Gasteiger charge is -2.10. The number of para-hydroxylation sites is 1. The molecule has 0 bridgehead atoms. The summed E-state index contributed by atoms with van der Waals surface area (Å²) in [6, 6.07) is 9.43. The van der Waals surface area contributed by atoms with Gasteiger partial charge in [0.1, 0.15) is 10.7 Å². The fraction of sp³-hybridized carbons (Fsp3) is 0.125. The Morgan fingerprint density at radius 1 is 1.22 bits per heavy atom. The van der Waals surface area contributed by atoms with Crippen LogP contribution in [0, 0.1) is 0 Å². The molecule has 4 rings (SSSR count). The molecule has 0 saturated carbocycles. The minimum atomic E-state index is -0.234. The van der Waals surface area contributed by atoms with Crippen LogP contribution >= 0.6 is 11.3 Å². The summed E-state index contributed by atoms with van der Waals surface area (Å²) >= 11 is 1.58. The molecule has 0 aliphatic heterocycles. The molecule has 3 aromatic heterocycles. The van der Waals surface area contributed by atoms with Crippen LogP contribution in [0.15, 0.2) is 48.9 Å². The molecule has 0 aliphatic rings. The van der Waals surface area contributed by atoms with Gasteiger partial charge in [0, 0.05) is 18.6 Å². The fourth-order valence-electron chi connectivity index (χ4n) is 2.34. The van der Waals surface area contributed by atoms with E-state index in [-0.39, 0.29) is 11.9 Å². The van der Waals surface area contributed by atoms with Crippen molar-refractivity contribution < 1.29 is 4.79 Å². The van der Waals surface area contributed by atoms with Crippen molar-refractivity contribution in [1.82, 2.24) is 24.7 Å². The van der Waals surface area contributed by atoms with Gasteiger partial charge in [0.2, 0.25) is 5.78 Å². The highest BCUT2D eigenvalue weighted by molar-refractivity contribution is 7.18. The second kappa shape index (κ2) is 5.44. The van der Waals surface area contributed by atoms with Crippen LogP contribution in [0.5, 0.6) is 0 Å². The number of fused-ring (bicyclic) bond motifs is 2. The standard InChI is InChI=1S/C16H13N5OS/c1-10(15-19-11-4-2-3-5-13(11)23-15)18-14(22)12-6-8-21-9-7-17-16(21)20-12/h2-10H,1H3,(H,18,22). The number of hydrogen-bond donors (Lipinski definition) is 1. The molecule has 6 nitrogen and oxygen atoms in total. The normalized spacial score (nSPS) is 12.6. The molecule has 1 aromatic carbocycles. The summed E-state index contributed by atoms with van der Waals surface area (Å²) in [5.41, 5.74) is 1.29. The maximum absolute atomic E-state index is 12.4. The number of nitrogens with one attached hydrogen (secondary N) is 1. The van der Waals surface area contributed by atoms with Crippen molar-refractivity contribution in [2.45, 2.75) is 13.0 Å². The van der Waals surface area contributed by atoms with Gasteiger partial charge in [-0.05, 0) is 25.1 Å². The molecule has 0 radical (unpaired) electrons. The summed E-state index contributed by atoms with van der Waals surface area (Å²) in [7, 11) is 0. The number of carbonyl (C=O) groups excluding carboxylic acids is 1. The topological polar surface area (TPSA) is 72.2 Å². The van der Waals surface area contributed by atoms with Gasteiger partial charge in [-0.2, -0.15) is 0 Å². The summed E-state index contributed by atoms with van der Waals surface area (Å²) in [5, 5.41) is 3.82. The highest BCUT2D eigenvalue weighted by atomic mass is 32.1. The quantitative estimate of drug-likeness (QED) is 0.629. The van der Waals surface area contributed by atoms with Crippen LogP contribution in [-0.4, -0.2) is 25.3 Å². The average molecular weight is 323 g/mol. The predicted molar refractivity (Wildman–Crippen MR) is 88.5 cm³/mol. The third-order valence-corrected chi connectivity index (χ3v) is 4.74. The van der Waals surface area contributed by atoms with Crippen LogP contribution in [0.3, 0.4) is 0 Å². The van der Waals surface area contributed by atoms with Gasteiger partial charge < -0.3 is 5.32 Å². The smallest absolute Gasteiger partial charge is 0.270 e. The second-order valence-corrected chi connectivity index (χ2v) is 6.22. The monoisotopic (exact) mass is 323 g/mol. The van der Waals surface area contributed by atoms with E-state index in [0.29, 0.717) is 11.5 Å². The molecule has 1 unspecified atom stereocenters. The van der Waals surface area contributed by atoms with Gasteiger partial charge in [-0.25, -0.2) is 15.0 Å². The third kappa shape index (κ3) is 2.55. The SMILES string of the molecule is CC(NC(=O)c1ccn2ccnc2n1)c1nc2ccccc2s1. The number of nitrogens with zero attached hydrogens (tertiary/aromatic N) is 4. The number of imidazole rings is 1. The highest BCUT2D eigenvalue weighted by Crippen LogP contribution is 2.26. The molecule has 1 amide bonds. The van der Waals surface area contributed by atoms with Gasteiger partial charge in [-0.15, -0.1) is 11.3 Å². The first-order valence-electron chi connectivity index (χ1n) is 7.17. The zero-order valence-corrected chi connectivity index (χ0v) is 13.1. The molecule has 114 valence electrons. The second-order valence-electron chi connectivity index (χ2n) is 5.16. The van der Waals surface area contributed by atoms with Gasteiger partial charge >= 0.3 is 0 Å². The van der Waals surface area contributed by atoms with Crippen LogP contribution in [0.1, 0.15) is 28.5 Å². The first-order valence-corrected chi connectivity index (χ1v) is 7.98. The number of amides is 1. The number of thiazole rings is 1. The first kappa shape index (κ1) is 13.8. The third-order valence-electron chi connectivity index (χ3n) is 3.52. The highest BCUT2D eigenvalue weighted by Gasteiger charge is 2.16. The Labute approximate surface area is 135 Å². The molecule has 3 heterocycles. The predicted octanol–water partition coefficient (Wildman–Crippen LogP) is 2.83.